The molecule has 5 heteroatoms. The maximum atomic E-state index is 12.9. The topological polar surface area (TPSA) is 66.6 Å². The first-order valence-electron chi connectivity index (χ1n) is 8.92. The summed E-state index contributed by atoms with van der Waals surface area (Å²) in [5.74, 6) is 1.93. The van der Waals surface area contributed by atoms with Crippen molar-refractivity contribution in [3.05, 3.63) is 53.2 Å². The first kappa shape index (κ1) is 17.7. The number of nitrogens with zero attached hydrogens (tertiary/aromatic N) is 2. The largest absolute Gasteiger partial charge is 0.445 e. The fourth-order valence-corrected chi connectivity index (χ4v) is 3.14. The number of oxazole rings is 1. The summed E-state index contributed by atoms with van der Waals surface area (Å²) in [6.45, 7) is 6.83. The number of aryl methyl sites for hydroxylation is 1. The van der Waals surface area contributed by atoms with Crippen molar-refractivity contribution in [2.45, 2.75) is 52.2 Å². The summed E-state index contributed by atoms with van der Waals surface area (Å²) in [7, 11) is 0. The van der Waals surface area contributed by atoms with Gasteiger partial charge in [0.1, 0.15) is 11.5 Å². The summed E-state index contributed by atoms with van der Waals surface area (Å²) >= 11 is 0. The van der Waals surface area contributed by atoms with Crippen LogP contribution < -0.4 is 0 Å². The highest BCUT2D eigenvalue weighted by Crippen LogP contribution is 2.27. The van der Waals surface area contributed by atoms with Crippen molar-refractivity contribution in [3.8, 4) is 0 Å². The number of amides is 1. The molecule has 1 unspecified atom stereocenters. The Morgan fingerprint density at radius 1 is 1.36 bits per heavy atom. The van der Waals surface area contributed by atoms with Crippen LogP contribution in [0.1, 0.15) is 50.1 Å². The summed E-state index contributed by atoms with van der Waals surface area (Å²) in [5.41, 5.74) is -0.117. The highest BCUT2D eigenvalue weighted by Gasteiger charge is 2.38. The molecular formula is C20H26N2O3. The molecule has 1 atom stereocenters. The molecule has 0 aliphatic carbocycles. The average Bonchev–Trinajstić information content (AvgIpc) is 3.02. The van der Waals surface area contributed by atoms with Gasteiger partial charge in [0.2, 0.25) is 0 Å². The third-order valence-corrected chi connectivity index (χ3v) is 4.75. The molecule has 134 valence electrons. The molecule has 0 radical (unpaired) electrons. The van der Waals surface area contributed by atoms with Gasteiger partial charge in [0.05, 0.1) is 6.54 Å². The van der Waals surface area contributed by atoms with Gasteiger partial charge in [-0.3, -0.25) is 4.79 Å². The van der Waals surface area contributed by atoms with E-state index in [1.807, 2.05) is 18.2 Å². The van der Waals surface area contributed by atoms with Crippen molar-refractivity contribution in [2.24, 2.45) is 5.92 Å². The molecule has 1 aromatic carbocycles. The van der Waals surface area contributed by atoms with Gasteiger partial charge in [0.15, 0.2) is 11.5 Å². The van der Waals surface area contributed by atoms with Gasteiger partial charge in [0, 0.05) is 19.4 Å². The molecule has 1 aliphatic heterocycles. The van der Waals surface area contributed by atoms with Crippen LogP contribution in [0.15, 0.2) is 34.7 Å². The Kier molecular flexibility index (Phi) is 4.95. The monoisotopic (exact) mass is 342 g/mol. The summed E-state index contributed by atoms with van der Waals surface area (Å²) in [6, 6.07) is 9.06. The molecule has 0 spiro atoms. The van der Waals surface area contributed by atoms with Crippen LogP contribution in [0.25, 0.3) is 0 Å². The van der Waals surface area contributed by atoms with Crippen LogP contribution >= 0.6 is 0 Å². The maximum absolute atomic E-state index is 12.9. The zero-order valence-corrected chi connectivity index (χ0v) is 15.2. The lowest BCUT2D eigenvalue weighted by Gasteiger charge is -2.32. The SMILES string of the molecule is CC(C)CCc1nc2c(o1)CCN(C(=O)C(C)(O)c1ccccc1)C2. The van der Waals surface area contributed by atoms with Crippen LogP contribution in [0.3, 0.4) is 0 Å². The van der Waals surface area contributed by atoms with Gasteiger partial charge >= 0.3 is 0 Å². The van der Waals surface area contributed by atoms with Crippen LogP contribution in [-0.2, 0) is 29.8 Å². The lowest BCUT2D eigenvalue weighted by molar-refractivity contribution is -0.151. The van der Waals surface area contributed by atoms with E-state index in [0.717, 1.165) is 30.2 Å². The van der Waals surface area contributed by atoms with Crippen molar-refractivity contribution in [1.29, 1.82) is 0 Å². The second-order valence-corrected chi connectivity index (χ2v) is 7.32. The van der Waals surface area contributed by atoms with Crippen molar-refractivity contribution in [1.82, 2.24) is 9.88 Å². The van der Waals surface area contributed by atoms with E-state index in [2.05, 4.69) is 18.8 Å². The van der Waals surface area contributed by atoms with E-state index >= 15 is 0 Å². The average molecular weight is 342 g/mol. The predicted octanol–water partition coefficient (Wildman–Crippen LogP) is 3.06. The predicted molar refractivity (Wildman–Crippen MR) is 94.8 cm³/mol. The molecule has 3 rings (SSSR count). The smallest absolute Gasteiger partial charge is 0.259 e. The highest BCUT2D eigenvalue weighted by atomic mass is 16.4. The highest BCUT2D eigenvalue weighted by molar-refractivity contribution is 5.86. The van der Waals surface area contributed by atoms with E-state index in [4.69, 9.17) is 4.42 Å². The molecule has 25 heavy (non-hydrogen) atoms. The molecule has 0 saturated heterocycles. The molecule has 0 saturated carbocycles. The maximum Gasteiger partial charge on any atom is 0.259 e. The fourth-order valence-electron chi connectivity index (χ4n) is 3.14. The Bertz CT molecular complexity index is 735. The quantitative estimate of drug-likeness (QED) is 0.907. The molecule has 5 nitrogen and oxygen atoms in total. The van der Waals surface area contributed by atoms with E-state index in [1.54, 1.807) is 24.0 Å². The Labute approximate surface area is 148 Å². The van der Waals surface area contributed by atoms with Crippen LogP contribution in [0.5, 0.6) is 0 Å². The normalized spacial score (nSPS) is 16.6. The minimum Gasteiger partial charge on any atom is -0.445 e. The number of benzene rings is 1. The van der Waals surface area contributed by atoms with Crippen molar-refractivity contribution in [3.63, 3.8) is 0 Å². The van der Waals surface area contributed by atoms with Gasteiger partial charge in [-0.25, -0.2) is 4.98 Å². The van der Waals surface area contributed by atoms with E-state index in [0.29, 0.717) is 31.0 Å². The first-order chi connectivity index (χ1) is 11.9. The number of hydrogen-bond donors (Lipinski definition) is 1. The van der Waals surface area contributed by atoms with E-state index in [1.165, 1.54) is 0 Å². The molecule has 1 N–H and O–H groups in total. The minimum absolute atomic E-state index is 0.295. The van der Waals surface area contributed by atoms with Gasteiger partial charge in [0.25, 0.3) is 5.91 Å². The molecule has 0 fully saturated rings. The van der Waals surface area contributed by atoms with Crippen LogP contribution in [0.4, 0.5) is 0 Å². The number of hydrogen-bond acceptors (Lipinski definition) is 4. The van der Waals surface area contributed by atoms with Crippen molar-refractivity contribution < 1.29 is 14.3 Å². The Morgan fingerprint density at radius 3 is 2.76 bits per heavy atom. The number of aromatic nitrogens is 1. The number of carbonyl (C=O) groups excluding carboxylic acids is 1. The number of carbonyl (C=O) groups is 1. The fraction of sp³-hybridized carbons (Fsp3) is 0.500. The second-order valence-electron chi connectivity index (χ2n) is 7.32. The number of rotatable bonds is 5. The summed E-state index contributed by atoms with van der Waals surface area (Å²) in [4.78, 5) is 19.1. The van der Waals surface area contributed by atoms with E-state index < -0.39 is 5.60 Å². The van der Waals surface area contributed by atoms with Gasteiger partial charge in [-0.15, -0.1) is 0 Å². The zero-order chi connectivity index (χ0) is 18.0. The molecule has 1 amide bonds. The molecule has 0 bridgehead atoms. The lowest BCUT2D eigenvalue weighted by Crippen LogP contribution is -2.47. The van der Waals surface area contributed by atoms with Gasteiger partial charge in [-0.2, -0.15) is 0 Å². The van der Waals surface area contributed by atoms with Crippen molar-refractivity contribution >= 4 is 5.91 Å². The molecular weight excluding hydrogens is 316 g/mol. The summed E-state index contributed by atoms with van der Waals surface area (Å²) in [5, 5.41) is 10.8. The molecule has 1 aromatic heterocycles. The van der Waals surface area contributed by atoms with E-state index in [9.17, 15) is 9.90 Å². The first-order valence-corrected chi connectivity index (χ1v) is 8.92. The summed E-state index contributed by atoms with van der Waals surface area (Å²) < 4.78 is 5.84. The molecule has 2 heterocycles. The summed E-state index contributed by atoms with van der Waals surface area (Å²) in [6.07, 6.45) is 2.49. The second kappa shape index (κ2) is 7.00. The third kappa shape index (κ3) is 3.76. The zero-order valence-electron chi connectivity index (χ0n) is 15.2. The third-order valence-electron chi connectivity index (χ3n) is 4.75. The lowest BCUT2D eigenvalue weighted by atomic mass is 9.93. The Morgan fingerprint density at radius 2 is 2.08 bits per heavy atom. The van der Waals surface area contributed by atoms with Gasteiger partial charge in [-0.05, 0) is 24.8 Å². The number of fused-ring (bicyclic) bond motifs is 1. The van der Waals surface area contributed by atoms with Gasteiger partial charge < -0.3 is 14.4 Å². The van der Waals surface area contributed by atoms with Crippen LogP contribution in [0.2, 0.25) is 0 Å². The van der Waals surface area contributed by atoms with Crippen LogP contribution in [-0.4, -0.2) is 27.4 Å². The Balaban J connectivity index is 1.73. The standard InChI is InChI=1S/C20H26N2O3/c1-14(2)9-10-18-21-16-13-22(12-11-17(16)25-18)19(23)20(3,24)15-7-5-4-6-8-15/h4-8,14,24H,9-13H2,1-3H3. The molecule has 2 aromatic rings. The Hall–Kier alpha value is -2.14. The minimum atomic E-state index is -1.54. The number of aliphatic hydroxyl groups is 1. The van der Waals surface area contributed by atoms with Crippen molar-refractivity contribution in [2.75, 3.05) is 6.54 Å². The molecule has 1 aliphatic rings. The van der Waals surface area contributed by atoms with Gasteiger partial charge in [-0.1, -0.05) is 44.2 Å². The van der Waals surface area contributed by atoms with E-state index in [-0.39, 0.29) is 5.91 Å². The van der Waals surface area contributed by atoms with Crippen LogP contribution in [0, 0.1) is 5.92 Å².